The van der Waals surface area contributed by atoms with Gasteiger partial charge < -0.3 is 48.8 Å². The summed E-state index contributed by atoms with van der Waals surface area (Å²) in [6.07, 6.45) is 2.44. The molecule has 0 aromatic rings. The molecular weight excluding hydrogens is 424 g/mol. The van der Waals surface area contributed by atoms with Gasteiger partial charge in [-0.25, -0.2) is 0 Å². The molecule has 200 valence electrons. The van der Waals surface area contributed by atoms with E-state index < -0.39 is 0 Å². The summed E-state index contributed by atoms with van der Waals surface area (Å²) >= 11 is 0. The molecule has 0 saturated heterocycles. The molecule has 0 aliphatic carbocycles. The largest absolute Gasteiger partial charge is 0.394 e. The molecule has 10 heteroatoms. The lowest BCUT2D eigenvalue weighted by molar-refractivity contribution is 0.0222. The fourth-order valence-electron chi connectivity index (χ4n) is 1.50. The van der Waals surface area contributed by atoms with E-state index in [0.717, 1.165) is 26.4 Å². The zero-order valence-corrected chi connectivity index (χ0v) is 21.0. The van der Waals surface area contributed by atoms with Crippen molar-refractivity contribution < 1.29 is 48.8 Å². The van der Waals surface area contributed by atoms with Crippen LogP contribution in [-0.2, 0) is 28.4 Å². The van der Waals surface area contributed by atoms with E-state index >= 15 is 0 Å². The third-order valence-electron chi connectivity index (χ3n) is 2.94. The Morgan fingerprint density at radius 3 is 0.875 bits per heavy atom. The predicted molar refractivity (Wildman–Crippen MR) is 125 cm³/mol. The monoisotopic (exact) mass is 476 g/mol. The Morgan fingerprint density at radius 2 is 0.688 bits per heavy atom. The van der Waals surface area contributed by atoms with Gasteiger partial charge in [-0.3, -0.25) is 0 Å². The molecule has 0 aromatic heterocycles. The number of ether oxygens (including phenoxy) is 6. The highest BCUT2D eigenvalue weighted by Gasteiger charge is 1.87. The molecule has 0 bridgehead atoms. The van der Waals surface area contributed by atoms with Crippen LogP contribution in [0.15, 0.2) is 0 Å². The summed E-state index contributed by atoms with van der Waals surface area (Å²) in [5, 5.41) is 33.1. The molecule has 0 heterocycles. The summed E-state index contributed by atoms with van der Waals surface area (Å²) in [7, 11) is 0. The molecule has 0 saturated carbocycles. The van der Waals surface area contributed by atoms with Crippen LogP contribution < -0.4 is 0 Å². The summed E-state index contributed by atoms with van der Waals surface area (Å²) < 4.78 is 29.4. The Kier molecular flexibility index (Phi) is 58.4. The maximum absolute atomic E-state index is 8.26. The van der Waals surface area contributed by atoms with Gasteiger partial charge in [0.15, 0.2) is 0 Å². The zero-order valence-electron chi connectivity index (χ0n) is 21.0. The molecule has 0 aliphatic heterocycles. The molecule has 32 heavy (non-hydrogen) atoms. The Labute approximate surface area is 195 Å². The minimum absolute atomic E-state index is 0.0417. The Balaban J connectivity index is -0.000000169. The van der Waals surface area contributed by atoms with Crippen molar-refractivity contribution in [2.45, 2.75) is 40.5 Å². The minimum atomic E-state index is 0.0417. The van der Waals surface area contributed by atoms with Gasteiger partial charge in [-0.15, -0.1) is 0 Å². The second-order valence-corrected chi connectivity index (χ2v) is 5.68. The molecule has 10 nitrogen and oxygen atoms in total. The third-order valence-corrected chi connectivity index (χ3v) is 2.94. The highest BCUT2D eigenvalue weighted by Crippen LogP contribution is 1.85. The Morgan fingerprint density at radius 1 is 0.375 bits per heavy atom. The van der Waals surface area contributed by atoms with Crippen molar-refractivity contribution in [3.63, 3.8) is 0 Å². The predicted octanol–water partition coefficient (Wildman–Crippen LogP) is 0.874. The third kappa shape index (κ3) is 63.0. The van der Waals surface area contributed by atoms with Gasteiger partial charge in [0.2, 0.25) is 0 Å². The average molecular weight is 477 g/mol. The van der Waals surface area contributed by atoms with Crippen molar-refractivity contribution in [3.05, 3.63) is 0 Å². The fraction of sp³-hybridized carbons (Fsp3) is 1.00. The molecule has 0 fully saturated rings. The Hall–Kier alpha value is -0.400. The van der Waals surface area contributed by atoms with Crippen LogP contribution in [0.5, 0.6) is 0 Å². The number of aliphatic hydroxyl groups is 4. The summed E-state index contributed by atoms with van der Waals surface area (Å²) in [6, 6.07) is 0. The number of hydrogen-bond donors (Lipinski definition) is 4. The van der Waals surface area contributed by atoms with Crippen molar-refractivity contribution in [2.75, 3.05) is 106 Å². The van der Waals surface area contributed by atoms with Crippen molar-refractivity contribution in [1.82, 2.24) is 0 Å². The number of aliphatic hydroxyl groups excluding tert-OH is 4. The van der Waals surface area contributed by atoms with Crippen molar-refractivity contribution in [1.29, 1.82) is 0 Å². The van der Waals surface area contributed by atoms with Crippen LogP contribution in [0.3, 0.4) is 0 Å². The van der Waals surface area contributed by atoms with Gasteiger partial charge in [-0.1, -0.05) is 13.3 Å². The van der Waals surface area contributed by atoms with E-state index in [4.69, 9.17) is 48.8 Å². The van der Waals surface area contributed by atoms with Crippen molar-refractivity contribution >= 4 is 0 Å². The minimum Gasteiger partial charge on any atom is -0.394 e. The average Bonchev–Trinajstić information content (AvgIpc) is 2.81. The summed E-state index contributed by atoms with van der Waals surface area (Å²) in [6.45, 7) is 15.1. The van der Waals surface area contributed by atoms with E-state index in [0.29, 0.717) is 52.9 Å². The smallest absolute Gasteiger partial charge is 0.0701 e. The SMILES string of the molecule is CCCCOCC.CCOCC.OCCOCCOCCO.OCCOCCOCCO. The first-order valence-corrected chi connectivity index (χ1v) is 11.6. The van der Waals surface area contributed by atoms with Gasteiger partial charge in [-0.05, 0) is 27.2 Å². The van der Waals surface area contributed by atoms with Crippen LogP contribution in [0.2, 0.25) is 0 Å². The number of rotatable bonds is 20. The van der Waals surface area contributed by atoms with Gasteiger partial charge in [-0.2, -0.15) is 0 Å². The highest BCUT2D eigenvalue weighted by molar-refractivity contribution is 4.31. The van der Waals surface area contributed by atoms with Crippen LogP contribution in [0.25, 0.3) is 0 Å². The lowest BCUT2D eigenvalue weighted by atomic mass is 10.4. The quantitative estimate of drug-likeness (QED) is 0.187. The van der Waals surface area contributed by atoms with Crippen LogP contribution in [0.1, 0.15) is 40.5 Å². The molecule has 0 amide bonds. The summed E-state index contributed by atoms with van der Waals surface area (Å²) in [4.78, 5) is 0. The maximum Gasteiger partial charge on any atom is 0.0701 e. The zero-order chi connectivity index (χ0) is 25.0. The van der Waals surface area contributed by atoms with Gasteiger partial charge in [0.05, 0.1) is 79.3 Å². The van der Waals surface area contributed by atoms with E-state index in [1.165, 1.54) is 12.8 Å². The standard InChI is InChI=1S/2C6H14O4.C6H14O.C4H10O/c2*7-1-3-9-5-6-10-4-2-8;1-3-5-6-7-4-2;1-3-5-4-2/h2*7-8H,1-6H2;3-6H2,1-2H3;3-4H2,1-2H3. The maximum atomic E-state index is 8.26. The van der Waals surface area contributed by atoms with Gasteiger partial charge in [0.1, 0.15) is 0 Å². The van der Waals surface area contributed by atoms with E-state index in [2.05, 4.69) is 6.92 Å². The van der Waals surface area contributed by atoms with Crippen LogP contribution in [0.4, 0.5) is 0 Å². The lowest BCUT2D eigenvalue weighted by Gasteiger charge is -2.01. The first-order valence-electron chi connectivity index (χ1n) is 11.6. The normalized spacial score (nSPS) is 9.75. The molecule has 0 spiro atoms. The second-order valence-electron chi connectivity index (χ2n) is 5.68. The molecule has 0 rings (SSSR count). The second kappa shape index (κ2) is 48.1. The van der Waals surface area contributed by atoms with E-state index in [-0.39, 0.29) is 26.4 Å². The van der Waals surface area contributed by atoms with E-state index in [1.54, 1.807) is 0 Å². The molecule has 0 aromatic carbocycles. The fourth-order valence-corrected chi connectivity index (χ4v) is 1.50. The summed E-state index contributed by atoms with van der Waals surface area (Å²) in [5.41, 5.74) is 0. The van der Waals surface area contributed by atoms with Crippen LogP contribution >= 0.6 is 0 Å². The molecule has 0 radical (unpaired) electrons. The lowest BCUT2D eigenvalue weighted by Crippen LogP contribution is -2.09. The summed E-state index contributed by atoms with van der Waals surface area (Å²) in [5.74, 6) is 0. The van der Waals surface area contributed by atoms with Crippen molar-refractivity contribution in [2.24, 2.45) is 0 Å². The van der Waals surface area contributed by atoms with Gasteiger partial charge in [0, 0.05) is 26.4 Å². The van der Waals surface area contributed by atoms with E-state index in [1.807, 2.05) is 20.8 Å². The molecule has 4 N–H and O–H groups in total. The van der Waals surface area contributed by atoms with Gasteiger partial charge in [0.25, 0.3) is 0 Å². The molecular formula is C22H52O10. The molecule has 0 unspecified atom stereocenters. The van der Waals surface area contributed by atoms with Gasteiger partial charge >= 0.3 is 0 Å². The Bertz CT molecular complexity index is 211. The van der Waals surface area contributed by atoms with Crippen molar-refractivity contribution in [3.8, 4) is 0 Å². The van der Waals surface area contributed by atoms with E-state index in [9.17, 15) is 0 Å². The van der Waals surface area contributed by atoms with Crippen LogP contribution in [0, 0.1) is 0 Å². The molecule has 0 aliphatic rings. The first-order chi connectivity index (χ1) is 15.7. The highest BCUT2D eigenvalue weighted by atomic mass is 16.5. The molecule has 0 atom stereocenters. The topological polar surface area (TPSA) is 136 Å². The number of hydrogen-bond acceptors (Lipinski definition) is 10. The number of unbranched alkanes of at least 4 members (excludes halogenated alkanes) is 1. The first kappa shape index (κ1) is 38.8. The van der Waals surface area contributed by atoms with Crippen LogP contribution in [-0.4, -0.2) is 126 Å².